The van der Waals surface area contributed by atoms with Crippen molar-refractivity contribution in [1.82, 2.24) is 4.72 Å². The smallest absolute Gasteiger partial charge is 0.207 e. The third kappa shape index (κ3) is 2.26. The molecule has 0 atom stereocenters. The van der Waals surface area contributed by atoms with Crippen molar-refractivity contribution in [2.24, 2.45) is 0 Å². The number of halogens is 1. The Morgan fingerprint density at radius 1 is 0.864 bits per heavy atom. The number of hydrogen-bond acceptors (Lipinski definition) is 2. The topological polar surface area (TPSA) is 46.2 Å². The summed E-state index contributed by atoms with van der Waals surface area (Å²) in [5.74, 6) is 0. The minimum absolute atomic E-state index is 0.139. The largest absolute Gasteiger partial charge is 0.241 e. The molecule has 3 nitrogen and oxygen atoms in total. The third-order valence-corrected chi connectivity index (χ3v) is 6.58. The Hall–Kier alpha value is -1.36. The number of benzene rings is 2. The highest BCUT2D eigenvalue weighted by molar-refractivity contribution is 7.89. The van der Waals surface area contributed by atoms with Gasteiger partial charge in [-0.15, -0.1) is 11.6 Å². The van der Waals surface area contributed by atoms with Crippen LogP contribution in [0.1, 0.15) is 19.3 Å². The fourth-order valence-corrected chi connectivity index (χ4v) is 5.74. The monoisotopic (exact) mass is 333 g/mol. The van der Waals surface area contributed by atoms with Gasteiger partial charge in [0.25, 0.3) is 0 Å². The van der Waals surface area contributed by atoms with E-state index in [1.807, 2.05) is 42.5 Å². The molecule has 0 aromatic heterocycles. The van der Waals surface area contributed by atoms with Gasteiger partial charge >= 0.3 is 0 Å². The molecular weight excluding hydrogens is 318 g/mol. The molecule has 0 spiro atoms. The molecule has 2 bridgehead atoms. The molecule has 2 aromatic carbocycles. The van der Waals surface area contributed by atoms with Gasteiger partial charge in [0.15, 0.2) is 0 Å². The lowest BCUT2D eigenvalue weighted by Crippen LogP contribution is -2.76. The van der Waals surface area contributed by atoms with Crippen LogP contribution in [-0.4, -0.2) is 18.8 Å². The molecule has 5 rings (SSSR count). The number of hydrogen-bond donors (Lipinski definition) is 1. The van der Waals surface area contributed by atoms with Crippen LogP contribution in [0.25, 0.3) is 11.1 Å². The van der Waals surface area contributed by atoms with Gasteiger partial charge in [-0.3, -0.25) is 0 Å². The fraction of sp³-hybridized carbons (Fsp3) is 0.294. The lowest BCUT2D eigenvalue weighted by atomic mass is 9.49. The molecular formula is C17H16ClNO2S. The Bertz CT molecular complexity index is 796. The highest BCUT2D eigenvalue weighted by Gasteiger charge is 2.68. The predicted octanol–water partition coefficient (Wildman–Crippen LogP) is 3.55. The van der Waals surface area contributed by atoms with Crippen molar-refractivity contribution in [3.63, 3.8) is 0 Å². The van der Waals surface area contributed by atoms with E-state index >= 15 is 0 Å². The van der Waals surface area contributed by atoms with E-state index in [9.17, 15) is 8.42 Å². The first-order chi connectivity index (χ1) is 10.4. The Balaban J connectivity index is 1.55. The van der Waals surface area contributed by atoms with Crippen molar-refractivity contribution in [1.29, 1.82) is 0 Å². The number of rotatable bonds is 4. The van der Waals surface area contributed by atoms with Gasteiger partial charge in [-0.05, 0) is 42.5 Å². The summed E-state index contributed by atoms with van der Waals surface area (Å²) in [4.78, 5) is 0.167. The molecule has 0 aliphatic heterocycles. The van der Waals surface area contributed by atoms with E-state index in [0.717, 1.165) is 30.4 Å². The van der Waals surface area contributed by atoms with E-state index in [2.05, 4.69) is 4.72 Å². The number of sulfonamides is 1. The standard InChI is InChI=1S/C17H16ClNO2S/c18-16-10-17(11-16,12-16)19-22(20,21)15-8-6-14(7-9-15)13-4-2-1-3-5-13/h1-9,19H,10-12H2. The zero-order chi connectivity index (χ0) is 15.4. The highest BCUT2D eigenvalue weighted by Crippen LogP contribution is 2.64. The van der Waals surface area contributed by atoms with Gasteiger partial charge in [-0.2, -0.15) is 0 Å². The first-order valence-electron chi connectivity index (χ1n) is 7.28. The van der Waals surface area contributed by atoms with E-state index in [4.69, 9.17) is 11.6 Å². The minimum Gasteiger partial charge on any atom is -0.207 e. The molecule has 0 amide bonds. The molecule has 0 radical (unpaired) electrons. The minimum atomic E-state index is -3.48. The summed E-state index contributed by atoms with van der Waals surface area (Å²) in [6, 6.07) is 16.9. The summed E-state index contributed by atoms with van der Waals surface area (Å²) in [7, 11) is -3.48. The van der Waals surface area contributed by atoms with E-state index in [-0.39, 0.29) is 10.4 Å². The normalized spacial score (nSPS) is 29.5. The fourth-order valence-electron chi connectivity index (χ4n) is 3.57. The molecule has 1 N–H and O–H groups in total. The summed E-state index contributed by atoms with van der Waals surface area (Å²) >= 11 is 6.19. The van der Waals surface area contributed by atoms with E-state index < -0.39 is 10.0 Å². The quantitative estimate of drug-likeness (QED) is 0.870. The Kier molecular flexibility index (Phi) is 2.96. The molecule has 0 heterocycles. The highest BCUT2D eigenvalue weighted by atomic mass is 35.5. The SMILES string of the molecule is O=S(=O)(NC12CC(Cl)(C1)C2)c1ccc(-c2ccccc2)cc1. The summed E-state index contributed by atoms with van der Waals surface area (Å²) < 4.78 is 27.7. The van der Waals surface area contributed by atoms with Crippen LogP contribution in [0.3, 0.4) is 0 Å². The molecule has 22 heavy (non-hydrogen) atoms. The van der Waals surface area contributed by atoms with Gasteiger partial charge in [0.2, 0.25) is 10.0 Å². The van der Waals surface area contributed by atoms with Gasteiger partial charge in [0, 0.05) is 5.54 Å². The number of nitrogens with one attached hydrogen (secondary N) is 1. The summed E-state index contributed by atoms with van der Waals surface area (Å²) in [6.07, 6.45) is 2.22. The summed E-state index contributed by atoms with van der Waals surface area (Å²) in [5.41, 5.74) is 1.78. The van der Waals surface area contributed by atoms with Crippen LogP contribution >= 0.6 is 11.6 Å². The van der Waals surface area contributed by atoms with Crippen LogP contribution in [0.5, 0.6) is 0 Å². The van der Waals surface area contributed by atoms with Crippen LogP contribution in [0.15, 0.2) is 59.5 Å². The molecule has 0 unspecified atom stereocenters. The molecule has 5 heteroatoms. The zero-order valence-electron chi connectivity index (χ0n) is 11.9. The van der Waals surface area contributed by atoms with Crippen LogP contribution in [0.2, 0.25) is 0 Å². The molecule has 3 aliphatic carbocycles. The average molecular weight is 334 g/mol. The Morgan fingerprint density at radius 3 is 1.95 bits per heavy atom. The maximum Gasteiger partial charge on any atom is 0.241 e. The second-order valence-corrected chi connectivity index (χ2v) is 8.94. The van der Waals surface area contributed by atoms with Crippen molar-refractivity contribution >= 4 is 21.6 Å². The van der Waals surface area contributed by atoms with Crippen molar-refractivity contribution in [2.45, 2.75) is 34.6 Å². The molecule has 114 valence electrons. The van der Waals surface area contributed by atoms with Crippen molar-refractivity contribution < 1.29 is 8.42 Å². The Labute approximate surface area is 135 Å². The van der Waals surface area contributed by atoms with E-state index in [0.29, 0.717) is 4.90 Å². The summed E-state index contributed by atoms with van der Waals surface area (Å²) in [5, 5.41) is 0. The van der Waals surface area contributed by atoms with E-state index in [1.54, 1.807) is 12.1 Å². The van der Waals surface area contributed by atoms with Crippen molar-refractivity contribution in [2.75, 3.05) is 0 Å². The first kappa shape index (κ1) is 14.2. The average Bonchev–Trinajstić information content (AvgIpc) is 2.45. The van der Waals surface area contributed by atoms with Crippen molar-refractivity contribution in [3.05, 3.63) is 54.6 Å². The zero-order valence-corrected chi connectivity index (χ0v) is 13.5. The van der Waals surface area contributed by atoms with Gasteiger partial charge in [0.1, 0.15) is 0 Å². The van der Waals surface area contributed by atoms with Crippen LogP contribution in [0, 0.1) is 0 Å². The molecule has 0 saturated heterocycles. The third-order valence-electron chi connectivity index (χ3n) is 4.59. The number of alkyl halides is 1. The van der Waals surface area contributed by atoms with Crippen LogP contribution < -0.4 is 4.72 Å². The molecule has 3 fully saturated rings. The summed E-state index contributed by atoms with van der Waals surface area (Å²) in [6.45, 7) is 0. The molecule has 3 saturated carbocycles. The predicted molar refractivity (Wildman–Crippen MR) is 87.4 cm³/mol. The van der Waals surface area contributed by atoms with Gasteiger partial charge in [0.05, 0.1) is 9.77 Å². The maximum atomic E-state index is 12.5. The van der Waals surface area contributed by atoms with Gasteiger partial charge in [-0.25, -0.2) is 13.1 Å². The van der Waals surface area contributed by atoms with Gasteiger partial charge < -0.3 is 0 Å². The maximum absolute atomic E-state index is 12.5. The Morgan fingerprint density at radius 2 is 1.41 bits per heavy atom. The molecule has 2 aromatic rings. The van der Waals surface area contributed by atoms with Gasteiger partial charge in [-0.1, -0.05) is 42.5 Å². The second-order valence-electron chi connectivity index (χ2n) is 6.46. The van der Waals surface area contributed by atoms with Crippen LogP contribution in [0.4, 0.5) is 0 Å². The molecule has 3 aliphatic rings. The second kappa shape index (κ2) is 4.57. The first-order valence-corrected chi connectivity index (χ1v) is 9.15. The lowest BCUT2D eigenvalue weighted by molar-refractivity contribution is -0.00439. The van der Waals surface area contributed by atoms with Crippen molar-refractivity contribution in [3.8, 4) is 11.1 Å². The van der Waals surface area contributed by atoms with E-state index in [1.165, 1.54) is 0 Å². The lowest BCUT2D eigenvalue weighted by Gasteiger charge is -2.67. The van der Waals surface area contributed by atoms with Crippen LogP contribution in [-0.2, 0) is 10.0 Å².